The van der Waals surface area contributed by atoms with Crippen molar-refractivity contribution in [1.29, 1.82) is 0 Å². The predicted molar refractivity (Wildman–Crippen MR) is 214 cm³/mol. The molecule has 0 saturated carbocycles. The molecular weight excluding hydrogens is 605 g/mol. The lowest BCUT2D eigenvalue weighted by molar-refractivity contribution is 1.26. The minimum atomic E-state index is 1.09. The van der Waals surface area contributed by atoms with E-state index >= 15 is 0 Å². The summed E-state index contributed by atoms with van der Waals surface area (Å²) in [4.78, 5) is 4.77. The van der Waals surface area contributed by atoms with Crippen LogP contribution in [0.25, 0.3) is 43.4 Å². The van der Waals surface area contributed by atoms with E-state index in [9.17, 15) is 0 Å². The van der Waals surface area contributed by atoms with Crippen LogP contribution in [0.5, 0.6) is 0 Å². The van der Waals surface area contributed by atoms with Gasteiger partial charge in [0, 0.05) is 33.8 Å². The number of hydrogen-bond acceptors (Lipinski definition) is 2. The Kier molecular flexibility index (Phi) is 7.53. The van der Waals surface area contributed by atoms with E-state index in [0.717, 1.165) is 34.1 Å². The summed E-state index contributed by atoms with van der Waals surface area (Å²) < 4.78 is 0. The summed E-state index contributed by atoms with van der Waals surface area (Å²) in [5.41, 5.74) is 9.06. The molecule has 236 valence electrons. The summed E-state index contributed by atoms with van der Waals surface area (Å²) in [6.07, 6.45) is 0. The lowest BCUT2D eigenvalue weighted by Gasteiger charge is -2.31. The van der Waals surface area contributed by atoms with Crippen LogP contribution in [0.1, 0.15) is 0 Å². The lowest BCUT2D eigenvalue weighted by atomic mass is 9.97. The standard InChI is InChI=1S/C48H34N2/c1-4-18-39(19-5-1)49(42-31-29-37(30-32-42)45-26-14-17-35-15-10-12-24-44(35)45)43-33-38-28-27-36-16-11-13-25-46(36)48(38)47(34-43)50(40-20-6-2-7-21-40)41-22-8-3-9-23-41/h1-34H. The molecule has 0 N–H and O–H groups in total. The number of fused-ring (bicyclic) bond motifs is 4. The van der Waals surface area contributed by atoms with Crippen LogP contribution in [-0.2, 0) is 0 Å². The predicted octanol–water partition coefficient (Wildman–Crippen LogP) is 13.8. The van der Waals surface area contributed by atoms with E-state index in [0.29, 0.717) is 0 Å². The van der Waals surface area contributed by atoms with Crippen LogP contribution < -0.4 is 9.80 Å². The second kappa shape index (κ2) is 12.8. The molecule has 9 aromatic carbocycles. The average Bonchev–Trinajstić information content (AvgIpc) is 3.19. The monoisotopic (exact) mass is 638 g/mol. The van der Waals surface area contributed by atoms with E-state index in [1.54, 1.807) is 0 Å². The van der Waals surface area contributed by atoms with Gasteiger partial charge in [-0.05, 0) is 98.7 Å². The number of anilines is 6. The Bertz CT molecular complexity index is 2530. The zero-order valence-electron chi connectivity index (χ0n) is 27.5. The van der Waals surface area contributed by atoms with Crippen LogP contribution in [0.3, 0.4) is 0 Å². The smallest absolute Gasteiger partial charge is 0.0567 e. The number of rotatable bonds is 7. The van der Waals surface area contributed by atoms with Crippen molar-refractivity contribution in [3.05, 3.63) is 206 Å². The van der Waals surface area contributed by atoms with E-state index in [4.69, 9.17) is 0 Å². The Labute approximate surface area is 292 Å². The molecule has 0 atom stereocenters. The van der Waals surface area contributed by atoms with E-state index in [1.165, 1.54) is 43.4 Å². The second-order valence-electron chi connectivity index (χ2n) is 12.6. The quantitative estimate of drug-likeness (QED) is 0.160. The topological polar surface area (TPSA) is 6.48 Å². The maximum Gasteiger partial charge on any atom is 0.0567 e. The van der Waals surface area contributed by atoms with E-state index < -0.39 is 0 Å². The van der Waals surface area contributed by atoms with Crippen LogP contribution in [0.4, 0.5) is 34.1 Å². The SMILES string of the molecule is c1ccc(N(c2ccc(-c3cccc4ccccc34)cc2)c2cc(N(c3ccccc3)c3ccccc3)c3c(ccc4ccccc43)c2)cc1. The summed E-state index contributed by atoms with van der Waals surface area (Å²) >= 11 is 0. The Hall–Kier alpha value is -6.64. The van der Waals surface area contributed by atoms with Crippen LogP contribution in [0.2, 0.25) is 0 Å². The molecule has 9 aromatic rings. The molecule has 0 amide bonds. The van der Waals surface area contributed by atoms with Gasteiger partial charge in [-0.25, -0.2) is 0 Å². The largest absolute Gasteiger partial charge is 0.310 e. The van der Waals surface area contributed by atoms with Crippen molar-refractivity contribution in [2.24, 2.45) is 0 Å². The maximum atomic E-state index is 2.39. The summed E-state index contributed by atoms with van der Waals surface area (Å²) in [7, 11) is 0. The highest BCUT2D eigenvalue weighted by Crippen LogP contribution is 2.46. The molecule has 0 heterocycles. The molecule has 2 nitrogen and oxygen atoms in total. The number of nitrogens with zero attached hydrogens (tertiary/aromatic N) is 2. The Morgan fingerprint density at radius 2 is 0.760 bits per heavy atom. The number of para-hydroxylation sites is 3. The van der Waals surface area contributed by atoms with E-state index in [2.05, 4.69) is 216 Å². The fraction of sp³-hybridized carbons (Fsp3) is 0. The summed E-state index contributed by atoms with van der Waals surface area (Å²) in [6, 6.07) is 74.1. The van der Waals surface area contributed by atoms with E-state index in [1.807, 2.05) is 0 Å². The van der Waals surface area contributed by atoms with Gasteiger partial charge in [0.2, 0.25) is 0 Å². The summed E-state index contributed by atoms with van der Waals surface area (Å²) in [5.74, 6) is 0. The Morgan fingerprint density at radius 3 is 1.40 bits per heavy atom. The first-order valence-corrected chi connectivity index (χ1v) is 17.1. The Morgan fingerprint density at radius 1 is 0.280 bits per heavy atom. The zero-order chi connectivity index (χ0) is 33.3. The first-order valence-electron chi connectivity index (χ1n) is 17.1. The van der Waals surface area contributed by atoms with Crippen LogP contribution in [0, 0.1) is 0 Å². The highest BCUT2D eigenvalue weighted by molar-refractivity contribution is 6.16. The minimum absolute atomic E-state index is 1.09. The third-order valence-corrected chi connectivity index (χ3v) is 9.57. The Balaban J connectivity index is 1.28. The minimum Gasteiger partial charge on any atom is -0.310 e. The lowest BCUT2D eigenvalue weighted by Crippen LogP contribution is -2.14. The molecule has 0 aromatic heterocycles. The fourth-order valence-electron chi connectivity index (χ4n) is 7.29. The molecule has 0 aliphatic carbocycles. The summed E-state index contributed by atoms with van der Waals surface area (Å²) in [6.45, 7) is 0. The number of hydrogen-bond donors (Lipinski definition) is 0. The van der Waals surface area contributed by atoms with Gasteiger partial charge in [0.05, 0.1) is 5.69 Å². The van der Waals surface area contributed by atoms with Crippen LogP contribution in [0.15, 0.2) is 206 Å². The van der Waals surface area contributed by atoms with Crippen molar-refractivity contribution in [2.45, 2.75) is 0 Å². The first-order chi connectivity index (χ1) is 24.8. The molecule has 50 heavy (non-hydrogen) atoms. The highest BCUT2D eigenvalue weighted by Gasteiger charge is 2.21. The van der Waals surface area contributed by atoms with Gasteiger partial charge >= 0.3 is 0 Å². The van der Waals surface area contributed by atoms with Gasteiger partial charge in [-0.1, -0.05) is 146 Å². The van der Waals surface area contributed by atoms with Gasteiger partial charge in [0.15, 0.2) is 0 Å². The van der Waals surface area contributed by atoms with Crippen molar-refractivity contribution in [2.75, 3.05) is 9.80 Å². The molecule has 2 heteroatoms. The van der Waals surface area contributed by atoms with E-state index in [-0.39, 0.29) is 0 Å². The second-order valence-corrected chi connectivity index (χ2v) is 12.6. The third kappa shape index (κ3) is 5.34. The van der Waals surface area contributed by atoms with Crippen molar-refractivity contribution in [3.63, 3.8) is 0 Å². The van der Waals surface area contributed by atoms with Gasteiger partial charge in [0.25, 0.3) is 0 Å². The fourth-order valence-corrected chi connectivity index (χ4v) is 7.29. The summed E-state index contributed by atoms with van der Waals surface area (Å²) in [5, 5.41) is 7.36. The number of benzene rings is 9. The molecular formula is C48H34N2. The molecule has 0 bridgehead atoms. The van der Waals surface area contributed by atoms with Gasteiger partial charge in [-0.2, -0.15) is 0 Å². The van der Waals surface area contributed by atoms with Crippen molar-refractivity contribution >= 4 is 66.4 Å². The van der Waals surface area contributed by atoms with Crippen LogP contribution in [-0.4, -0.2) is 0 Å². The third-order valence-electron chi connectivity index (χ3n) is 9.57. The maximum absolute atomic E-state index is 2.39. The highest BCUT2D eigenvalue weighted by atomic mass is 15.2. The molecule has 0 aliphatic rings. The first kappa shape index (κ1) is 29.5. The molecule has 0 radical (unpaired) electrons. The molecule has 0 saturated heterocycles. The van der Waals surface area contributed by atoms with Gasteiger partial charge in [-0.3, -0.25) is 0 Å². The zero-order valence-corrected chi connectivity index (χ0v) is 27.5. The molecule has 0 spiro atoms. The van der Waals surface area contributed by atoms with Crippen molar-refractivity contribution < 1.29 is 0 Å². The van der Waals surface area contributed by atoms with Crippen LogP contribution >= 0.6 is 0 Å². The molecule has 0 fully saturated rings. The molecule has 0 unspecified atom stereocenters. The average molecular weight is 639 g/mol. The van der Waals surface area contributed by atoms with Crippen molar-refractivity contribution in [3.8, 4) is 11.1 Å². The van der Waals surface area contributed by atoms with Gasteiger partial charge in [0.1, 0.15) is 0 Å². The normalized spacial score (nSPS) is 11.2. The van der Waals surface area contributed by atoms with Gasteiger partial charge in [-0.15, -0.1) is 0 Å². The van der Waals surface area contributed by atoms with Gasteiger partial charge < -0.3 is 9.80 Å². The van der Waals surface area contributed by atoms with Crippen molar-refractivity contribution in [1.82, 2.24) is 0 Å². The molecule has 0 aliphatic heterocycles. The molecule has 9 rings (SSSR count).